The molecule has 2 aliphatic rings. The summed E-state index contributed by atoms with van der Waals surface area (Å²) in [6.45, 7) is 2.39. The van der Waals surface area contributed by atoms with Crippen molar-refractivity contribution in [1.82, 2.24) is 4.98 Å². The summed E-state index contributed by atoms with van der Waals surface area (Å²) in [4.78, 5) is 6.47. The van der Waals surface area contributed by atoms with Gasteiger partial charge < -0.3 is 10.6 Å². The maximum Gasteiger partial charge on any atom is 0.0738 e. The summed E-state index contributed by atoms with van der Waals surface area (Å²) in [6, 6.07) is 2.04. The molecule has 3 rings (SSSR count). The van der Waals surface area contributed by atoms with Crippen molar-refractivity contribution in [3.63, 3.8) is 0 Å². The molecule has 1 aliphatic heterocycles. The van der Waals surface area contributed by atoms with E-state index in [2.05, 4.69) is 9.88 Å². The number of nitrogens with zero attached hydrogens (tertiary/aromatic N) is 2. The molecule has 2 N–H and O–H groups in total. The van der Waals surface area contributed by atoms with Gasteiger partial charge in [-0.15, -0.1) is 0 Å². The minimum Gasteiger partial charge on any atom is -0.396 e. The zero-order chi connectivity index (χ0) is 10.3. The van der Waals surface area contributed by atoms with Crippen molar-refractivity contribution in [2.45, 2.75) is 19.3 Å². The topological polar surface area (TPSA) is 42.1 Å². The summed E-state index contributed by atoms with van der Waals surface area (Å²) in [5, 5.41) is 0. The fourth-order valence-corrected chi connectivity index (χ4v) is 3.12. The van der Waals surface area contributed by atoms with Crippen molar-refractivity contribution in [2.75, 3.05) is 23.7 Å². The summed E-state index contributed by atoms with van der Waals surface area (Å²) in [7, 11) is 0. The van der Waals surface area contributed by atoms with Crippen molar-refractivity contribution in [1.29, 1.82) is 0 Å². The van der Waals surface area contributed by atoms with E-state index in [0.29, 0.717) is 0 Å². The van der Waals surface area contributed by atoms with E-state index in [1.54, 1.807) is 6.20 Å². The SMILES string of the molecule is Nc1cnccc1N1CC2CCCC2C1. The highest BCUT2D eigenvalue weighted by molar-refractivity contribution is 5.66. The van der Waals surface area contributed by atoms with Crippen LogP contribution in [0.3, 0.4) is 0 Å². The van der Waals surface area contributed by atoms with Gasteiger partial charge in [0, 0.05) is 19.3 Å². The lowest BCUT2D eigenvalue weighted by atomic mass is 10.0. The molecule has 2 atom stereocenters. The van der Waals surface area contributed by atoms with Crippen LogP contribution < -0.4 is 10.6 Å². The Morgan fingerprint density at radius 1 is 1.27 bits per heavy atom. The molecule has 80 valence electrons. The highest BCUT2D eigenvalue weighted by atomic mass is 15.2. The summed E-state index contributed by atoms with van der Waals surface area (Å²) in [6.07, 6.45) is 7.83. The molecule has 3 heteroatoms. The average molecular weight is 203 g/mol. The second-order valence-corrected chi connectivity index (χ2v) is 4.79. The van der Waals surface area contributed by atoms with Gasteiger partial charge in [-0.2, -0.15) is 0 Å². The Kier molecular flexibility index (Phi) is 2.04. The highest BCUT2D eigenvalue weighted by Gasteiger charge is 2.36. The standard InChI is InChI=1S/C12H17N3/c13-11-6-14-5-4-12(11)15-7-9-2-1-3-10(9)8-15/h4-6,9-10H,1-3,7-8,13H2. The Morgan fingerprint density at radius 3 is 2.67 bits per heavy atom. The predicted molar refractivity (Wildman–Crippen MR) is 61.7 cm³/mol. The van der Waals surface area contributed by atoms with Crippen molar-refractivity contribution in [3.8, 4) is 0 Å². The van der Waals surface area contributed by atoms with Gasteiger partial charge in [0.15, 0.2) is 0 Å². The van der Waals surface area contributed by atoms with Crippen LogP contribution in [0.25, 0.3) is 0 Å². The van der Waals surface area contributed by atoms with Gasteiger partial charge in [-0.25, -0.2) is 0 Å². The Balaban J connectivity index is 1.82. The van der Waals surface area contributed by atoms with E-state index >= 15 is 0 Å². The minimum atomic E-state index is 0.817. The monoisotopic (exact) mass is 203 g/mol. The second-order valence-electron chi connectivity index (χ2n) is 4.79. The summed E-state index contributed by atoms with van der Waals surface area (Å²) in [5.74, 6) is 1.83. The van der Waals surface area contributed by atoms with Crippen molar-refractivity contribution >= 4 is 11.4 Å². The van der Waals surface area contributed by atoms with Crippen LogP contribution in [0.15, 0.2) is 18.5 Å². The lowest BCUT2D eigenvalue weighted by Gasteiger charge is -2.20. The zero-order valence-electron chi connectivity index (χ0n) is 8.89. The molecule has 2 unspecified atom stereocenters. The Hall–Kier alpha value is -1.25. The highest BCUT2D eigenvalue weighted by Crippen LogP contribution is 2.40. The molecule has 2 fully saturated rings. The van der Waals surface area contributed by atoms with Gasteiger partial charge in [0.25, 0.3) is 0 Å². The molecular formula is C12H17N3. The van der Waals surface area contributed by atoms with Gasteiger partial charge in [0.1, 0.15) is 0 Å². The smallest absolute Gasteiger partial charge is 0.0738 e. The van der Waals surface area contributed by atoms with Gasteiger partial charge in [-0.1, -0.05) is 6.42 Å². The first-order valence-corrected chi connectivity index (χ1v) is 5.79. The maximum atomic E-state index is 5.95. The van der Waals surface area contributed by atoms with E-state index in [4.69, 9.17) is 5.73 Å². The predicted octanol–water partition coefficient (Wildman–Crippen LogP) is 1.90. The fraction of sp³-hybridized carbons (Fsp3) is 0.583. The number of hydrogen-bond donors (Lipinski definition) is 1. The van der Waals surface area contributed by atoms with E-state index < -0.39 is 0 Å². The Bertz CT molecular complexity index is 352. The van der Waals surface area contributed by atoms with Crippen LogP contribution in [0.4, 0.5) is 11.4 Å². The molecule has 0 bridgehead atoms. The van der Waals surface area contributed by atoms with E-state index in [9.17, 15) is 0 Å². The number of hydrogen-bond acceptors (Lipinski definition) is 3. The van der Waals surface area contributed by atoms with Crippen molar-refractivity contribution in [2.24, 2.45) is 11.8 Å². The second kappa shape index (κ2) is 3.40. The molecule has 0 spiro atoms. The zero-order valence-corrected chi connectivity index (χ0v) is 8.89. The van der Waals surface area contributed by atoms with E-state index in [1.165, 1.54) is 38.0 Å². The van der Waals surface area contributed by atoms with E-state index in [1.807, 2.05) is 12.3 Å². The number of anilines is 2. The molecule has 1 aliphatic carbocycles. The van der Waals surface area contributed by atoms with Gasteiger partial charge in [0.2, 0.25) is 0 Å². The first-order chi connectivity index (χ1) is 7.34. The third-order valence-corrected chi connectivity index (χ3v) is 3.89. The average Bonchev–Trinajstić information content (AvgIpc) is 2.77. The number of fused-ring (bicyclic) bond motifs is 1. The number of nitrogens with two attached hydrogens (primary N) is 1. The normalized spacial score (nSPS) is 29.5. The van der Waals surface area contributed by atoms with Crippen LogP contribution in [0.2, 0.25) is 0 Å². The van der Waals surface area contributed by atoms with Crippen LogP contribution in [0.1, 0.15) is 19.3 Å². The molecule has 1 aromatic rings. The number of nitrogen functional groups attached to an aromatic ring is 1. The molecule has 1 aromatic heterocycles. The minimum absolute atomic E-state index is 0.817. The molecule has 1 saturated heterocycles. The van der Waals surface area contributed by atoms with Crippen LogP contribution in [-0.4, -0.2) is 18.1 Å². The van der Waals surface area contributed by atoms with Gasteiger partial charge in [-0.3, -0.25) is 4.98 Å². The molecule has 15 heavy (non-hydrogen) atoms. The van der Waals surface area contributed by atoms with Crippen LogP contribution in [0, 0.1) is 11.8 Å². The fourth-order valence-electron chi connectivity index (χ4n) is 3.12. The molecule has 0 radical (unpaired) electrons. The number of aromatic nitrogens is 1. The Labute approximate surface area is 90.3 Å². The van der Waals surface area contributed by atoms with Crippen molar-refractivity contribution in [3.05, 3.63) is 18.5 Å². The first-order valence-electron chi connectivity index (χ1n) is 5.79. The first kappa shape index (κ1) is 9.01. The molecule has 0 amide bonds. The quantitative estimate of drug-likeness (QED) is 0.758. The molecule has 0 aromatic carbocycles. The lowest BCUT2D eigenvalue weighted by Crippen LogP contribution is -2.21. The summed E-state index contributed by atoms with van der Waals surface area (Å²) >= 11 is 0. The van der Waals surface area contributed by atoms with Gasteiger partial charge >= 0.3 is 0 Å². The molecular weight excluding hydrogens is 186 g/mol. The third-order valence-electron chi connectivity index (χ3n) is 3.89. The van der Waals surface area contributed by atoms with Gasteiger partial charge in [-0.05, 0) is 30.7 Å². The van der Waals surface area contributed by atoms with Crippen LogP contribution >= 0.6 is 0 Å². The number of rotatable bonds is 1. The molecule has 1 saturated carbocycles. The Morgan fingerprint density at radius 2 is 2.00 bits per heavy atom. The van der Waals surface area contributed by atoms with Gasteiger partial charge in [0.05, 0.1) is 17.6 Å². The largest absolute Gasteiger partial charge is 0.396 e. The summed E-state index contributed by atoms with van der Waals surface area (Å²) < 4.78 is 0. The number of pyridine rings is 1. The third kappa shape index (κ3) is 1.46. The molecule has 2 heterocycles. The lowest BCUT2D eigenvalue weighted by molar-refractivity contribution is 0.494. The molecule has 3 nitrogen and oxygen atoms in total. The van der Waals surface area contributed by atoms with Crippen molar-refractivity contribution < 1.29 is 0 Å². The summed E-state index contributed by atoms with van der Waals surface area (Å²) in [5.41, 5.74) is 7.94. The van der Waals surface area contributed by atoms with Crippen LogP contribution in [-0.2, 0) is 0 Å². The van der Waals surface area contributed by atoms with Crippen LogP contribution in [0.5, 0.6) is 0 Å². The van der Waals surface area contributed by atoms with E-state index in [0.717, 1.165) is 17.5 Å². The maximum absolute atomic E-state index is 5.95. The van der Waals surface area contributed by atoms with E-state index in [-0.39, 0.29) is 0 Å².